The molecule has 0 spiro atoms. The van der Waals surface area contributed by atoms with Crippen LogP contribution in [0.2, 0.25) is 0 Å². The number of nitrogens with two attached hydrogens (primary N) is 1. The lowest BCUT2D eigenvalue weighted by molar-refractivity contribution is 0.137. The molecule has 0 aliphatic carbocycles. The van der Waals surface area contributed by atoms with E-state index in [1.807, 2.05) is 13.8 Å². The molecule has 0 amide bonds. The predicted molar refractivity (Wildman–Crippen MR) is 73.2 cm³/mol. The fourth-order valence-corrected chi connectivity index (χ4v) is 2.31. The van der Waals surface area contributed by atoms with E-state index in [0.29, 0.717) is 31.1 Å². The monoisotopic (exact) mass is 280 g/mol. The van der Waals surface area contributed by atoms with Gasteiger partial charge in [-0.1, -0.05) is 19.0 Å². The molecule has 1 aromatic heterocycles. The standard InChI is InChI=1S/C13H20N4O3/c1-3-9-10(4-2)15-16-13(11(9)12(14)17-18)20-8-5-6-19-7-8/h8,18H,3-7H2,1-2H3,(H2,14,17). The van der Waals surface area contributed by atoms with Crippen molar-refractivity contribution >= 4 is 5.84 Å². The van der Waals surface area contributed by atoms with E-state index in [1.54, 1.807) is 0 Å². The molecule has 0 bridgehead atoms. The Labute approximate surface area is 117 Å². The molecule has 2 heterocycles. The van der Waals surface area contributed by atoms with Gasteiger partial charge in [-0.3, -0.25) is 0 Å². The first-order chi connectivity index (χ1) is 9.71. The first-order valence-corrected chi connectivity index (χ1v) is 6.81. The van der Waals surface area contributed by atoms with Crippen LogP contribution in [0.3, 0.4) is 0 Å². The van der Waals surface area contributed by atoms with Gasteiger partial charge < -0.3 is 20.4 Å². The topological polar surface area (TPSA) is 103 Å². The molecule has 3 N–H and O–H groups in total. The number of amidine groups is 1. The Hall–Kier alpha value is -1.89. The second-order valence-electron chi connectivity index (χ2n) is 4.60. The number of nitrogens with zero attached hydrogens (tertiary/aromatic N) is 3. The summed E-state index contributed by atoms with van der Waals surface area (Å²) in [7, 11) is 0. The van der Waals surface area contributed by atoms with Crippen molar-refractivity contribution in [1.29, 1.82) is 0 Å². The van der Waals surface area contributed by atoms with Crippen LogP contribution >= 0.6 is 0 Å². The fourth-order valence-electron chi connectivity index (χ4n) is 2.31. The zero-order valence-electron chi connectivity index (χ0n) is 11.8. The van der Waals surface area contributed by atoms with Crippen molar-refractivity contribution in [3.8, 4) is 5.88 Å². The Morgan fingerprint density at radius 2 is 2.25 bits per heavy atom. The largest absolute Gasteiger partial charge is 0.470 e. The first kappa shape index (κ1) is 14.5. The summed E-state index contributed by atoms with van der Waals surface area (Å²) in [6, 6.07) is 0. The summed E-state index contributed by atoms with van der Waals surface area (Å²) in [6.45, 7) is 5.18. The number of aryl methyl sites for hydroxylation is 1. The SMILES string of the molecule is CCc1nnc(OC2CCOC2)c(C(N)=NO)c1CC. The minimum absolute atomic E-state index is 0.000338. The van der Waals surface area contributed by atoms with Crippen LogP contribution in [0.25, 0.3) is 0 Å². The summed E-state index contributed by atoms with van der Waals surface area (Å²) in [6.07, 6.45) is 2.18. The van der Waals surface area contributed by atoms with Gasteiger partial charge in [0.1, 0.15) is 6.10 Å². The number of hydrogen-bond donors (Lipinski definition) is 2. The van der Waals surface area contributed by atoms with Crippen LogP contribution in [0, 0.1) is 0 Å². The Morgan fingerprint density at radius 3 is 2.80 bits per heavy atom. The Balaban J connectivity index is 2.43. The van der Waals surface area contributed by atoms with Crippen molar-refractivity contribution in [3.63, 3.8) is 0 Å². The van der Waals surface area contributed by atoms with E-state index in [9.17, 15) is 0 Å². The zero-order chi connectivity index (χ0) is 14.5. The van der Waals surface area contributed by atoms with Crippen molar-refractivity contribution in [2.75, 3.05) is 13.2 Å². The average molecular weight is 280 g/mol. The molecule has 7 heteroatoms. The third-order valence-electron chi connectivity index (χ3n) is 3.34. The summed E-state index contributed by atoms with van der Waals surface area (Å²) in [5.41, 5.74) is 8.07. The summed E-state index contributed by atoms with van der Waals surface area (Å²) >= 11 is 0. The van der Waals surface area contributed by atoms with Gasteiger partial charge in [0.05, 0.1) is 24.5 Å². The van der Waals surface area contributed by atoms with E-state index in [-0.39, 0.29) is 11.9 Å². The first-order valence-electron chi connectivity index (χ1n) is 6.81. The molecule has 1 atom stereocenters. The summed E-state index contributed by atoms with van der Waals surface area (Å²) in [5, 5.41) is 20.4. The van der Waals surface area contributed by atoms with Gasteiger partial charge in [0, 0.05) is 6.42 Å². The van der Waals surface area contributed by atoms with E-state index in [2.05, 4.69) is 15.4 Å². The highest BCUT2D eigenvalue weighted by Gasteiger charge is 2.24. The Bertz CT molecular complexity index is 499. The lowest BCUT2D eigenvalue weighted by Gasteiger charge is -2.17. The maximum atomic E-state index is 8.99. The average Bonchev–Trinajstić information content (AvgIpc) is 2.98. The van der Waals surface area contributed by atoms with Crippen LogP contribution in [0.5, 0.6) is 5.88 Å². The van der Waals surface area contributed by atoms with Gasteiger partial charge in [0.2, 0.25) is 5.88 Å². The second-order valence-corrected chi connectivity index (χ2v) is 4.60. The van der Waals surface area contributed by atoms with Crippen LogP contribution in [-0.2, 0) is 17.6 Å². The van der Waals surface area contributed by atoms with E-state index < -0.39 is 0 Å². The minimum Gasteiger partial charge on any atom is -0.470 e. The quantitative estimate of drug-likeness (QED) is 0.359. The smallest absolute Gasteiger partial charge is 0.245 e. The normalized spacial score (nSPS) is 19.3. The number of ether oxygens (including phenoxy) is 2. The fraction of sp³-hybridized carbons (Fsp3) is 0.615. The molecule has 1 saturated heterocycles. The highest BCUT2D eigenvalue weighted by atomic mass is 16.5. The van der Waals surface area contributed by atoms with Crippen LogP contribution in [0.4, 0.5) is 0 Å². The number of hydrogen-bond acceptors (Lipinski definition) is 6. The molecule has 20 heavy (non-hydrogen) atoms. The molecule has 0 radical (unpaired) electrons. The van der Waals surface area contributed by atoms with Gasteiger partial charge in [-0.25, -0.2) is 0 Å². The highest BCUT2D eigenvalue weighted by Crippen LogP contribution is 2.24. The molecule has 1 fully saturated rings. The second kappa shape index (κ2) is 6.51. The number of rotatable bonds is 5. The Kier molecular flexibility index (Phi) is 4.73. The predicted octanol–water partition coefficient (Wildman–Crippen LogP) is 0.864. The maximum Gasteiger partial charge on any atom is 0.245 e. The van der Waals surface area contributed by atoms with Gasteiger partial charge in [0.15, 0.2) is 5.84 Å². The molecule has 0 saturated carbocycles. The molecule has 1 aliphatic heterocycles. The molecule has 1 aromatic rings. The molecular weight excluding hydrogens is 260 g/mol. The van der Waals surface area contributed by atoms with Gasteiger partial charge >= 0.3 is 0 Å². The zero-order valence-corrected chi connectivity index (χ0v) is 11.8. The molecule has 0 aromatic carbocycles. The lowest BCUT2D eigenvalue weighted by atomic mass is 10.0. The third kappa shape index (κ3) is 2.82. The van der Waals surface area contributed by atoms with Crippen molar-refractivity contribution < 1.29 is 14.7 Å². The summed E-state index contributed by atoms with van der Waals surface area (Å²) < 4.78 is 11.1. The van der Waals surface area contributed by atoms with Crippen LogP contribution in [-0.4, -0.2) is 40.6 Å². The molecule has 2 rings (SSSR count). The van der Waals surface area contributed by atoms with Crippen molar-refractivity contribution in [3.05, 3.63) is 16.8 Å². The van der Waals surface area contributed by atoms with Gasteiger partial charge in [-0.05, 0) is 18.4 Å². The van der Waals surface area contributed by atoms with Crippen molar-refractivity contribution in [1.82, 2.24) is 10.2 Å². The Morgan fingerprint density at radius 1 is 1.45 bits per heavy atom. The van der Waals surface area contributed by atoms with Crippen molar-refractivity contribution in [2.24, 2.45) is 10.9 Å². The lowest BCUT2D eigenvalue weighted by Crippen LogP contribution is -2.24. The minimum atomic E-state index is -0.0632. The van der Waals surface area contributed by atoms with Crippen LogP contribution in [0.15, 0.2) is 5.16 Å². The van der Waals surface area contributed by atoms with E-state index in [1.165, 1.54) is 0 Å². The highest BCUT2D eigenvalue weighted by molar-refractivity contribution is 6.00. The molecule has 1 aliphatic rings. The molecular formula is C13H20N4O3. The van der Waals surface area contributed by atoms with Gasteiger partial charge in [0.25, 0.3) is 0 Å². The van der Waals surface area contributed by atoms with E-state index in [4.69, 9.17) is 20.4 Å². The molecule has 7 nitrogen and oxygen atoms in total. The molecule has 1 unspecified atom stereocenters. The van der Waals surface area contributed by atoms with Crippen LogP contribution < -0.4 is 10.5 Å². The molecule has 110 valence electrons. The van der Waals surface area contributed by atoms with Gasteiger partial charge in [-0.15, -0.1) is 5.10 Å². The van der Waals surface area contributed by atoms with E-state index >= 15 is 0 Å². The van der Waals surface area contributed by atoms with Crippen molar-refractivity contribution in [2.45, 2.75) is 39.2 Å². The summed E-state index contributed by atoms with van der Waals surface area (Å²) in [5.74, 6) is 0.310. The van der Waals surface area contributed by atoms with E-state index in [0.717, 1.165) is 24.1 Å². The third-order valence-corrected chi connectivity index (χ3v) is 3.34. The number of aromatic nitrogens is 2. The van der Waals surface area contributed by atoms with Crippen LogP contribution in [0.1, 0.15) is 37.1 Å². The number of oxime groups is 1. The maximum absolute atomic E-state index is 8.99. The van der Waals surface area contributed by atoms with Gasteiger partial charge in [-0.2, -0.15) is 5.10 Å². The summed E-state index contributed by atoms with van der Waals surface area (Å²) in [4.78, 5) is 0.